The van der Waals surface area contributed by atoms with Crippen molar-refractivity contribution in [1.82, 2.24) is 5.32 Å². The Bertz CT molecular complexity index is 599. The van der Waals surface area contributed by atoms with Gasteiger partial charge in [-0.05, 0) is 38.5 Å². The molecule has 0 heterocycles. The Morgan fingerprint density at radius 3 is 2.46 bits per heavy atom. The van der Waals surface area contributed by atoms with E-state index in [1.807, 2.05) is 13.8 Å². The van der Waals surface area contributed by atoms with Gasteiger partial charge in [0.1, 0.15) is 0 Å². The van der Waals surface area contributed by atoms with Gasteiger partial charge in [-0.15, -0.1) is 0 Å². The second-order valence-electron chi connectivity index (χ2n) is 5.25. The summed E-state index contributed by atoms with van der Waals surface area (Å²) < 4.78 is 15.3. The van der Waals surface area contributed by atoms with E-state index in [9.17, 15) is 14.4 Å². The summed E-state index contributed by atoms with van der Waals surface area (Å²) in [5.74, 6) is -0.492. The Labute approximate surface area is 141 Å². The molecule has 0 aliphatic heterocycles. The summed E-state index contributed by atoms with van der Waals surface area (Å²) in [6, 6.07) is 4.67. The molecular formula is C17H23NO6. The van der Waals surface area contributed by atoms with E-state index in [-0.39, 0.29) is 30.9 Å². The van der Waals surface area contributed by atoms with Gasteiger partial charge in [-0.3, -0.25) is 9.59 Å². The van der Waals surface area contributed by atoms with Gasteiger partial charge >= 0.3 is 5.97 Å². The third-order valence-electron chi connectivity index (χ3n) is 3.30. The lowest BCUT2D eigenvalue weighted by molar-refractivity contribution is -0.150. The Morgan fingerprint density at radius 2 is 1.88 bits per heavy atom. The van der Waals surface area contributed by atoms with Gasteiger partial charge in [-0.25, -0.2) is 4.79 Å². The molecule has 7 nitrogen and oxygen atoms in total. The van der Waals surface area contributed by atoms with Gasteiger partial charge in [0.2, 0.25) is 0 Å². The summed E-state index contributed by atoms with van der Waals surface area (Å²) in [7, 11) is 1.43. The average Bonchev–Trinajstić information content (AvgIpc) is 2.57. The molecule has 1 aromatic carbocycles. The highest BCUT2D eigenvalue weighted by Gasteiger charge is 2.13. The van der Waals surface area contributed by atoms with E-state index in [0.717, 1.165) is 6.42 Å². The largest absolute Gasteiger partial charge is 0.493 e. The monoisotopic (exact) mass is 337 g/mol. The van der Waals surface area contributed by atoms with Crippen LogP contribution in [0.25, 0.3) is 0 Å². The molecule has 0 radical (unpaired) electrons. The fourth-order valence-electron chi connectivity index (χ4n) is 1.75. The van der Waals surface area contributed by atoms with Crippen molar-refractivity contribution in [3.8, 4) is 11.5 Å². The Balaban J connectivity index is 2.49. The van der Waals surface area contributed by atoms with Gasteiger partial charge in [0.15, 0.2) is 30.5 Å². The average molecular weight is 337 g/mol. The van der Waals surface area contributed by atoms with Crippen LogP contribution in [0.15, 0.2) is 18.2 Å². The maximum Gasteiger partial charge on any atom is 0.344 e. The first kappa shape index (κ1) is 19.5. The number of esters is 1. The van der Waals surface area contributed by atoms with Crippen LogP contribution in [-0.4, -0.2) is 44.0 Å². The Hall–Kier alpha value is -2.57. The van der Waals surface area contributed by atoms with Gasteiger partial charge in [0.25, 0.3) is 5.91 Å². The summed E-state index contributed by atoms with van der Waals surface area (Å²) in [6.45, 7) is 4.52. The van der Waals surface area contributed by atoms with Crippen LogP contribution in [-0.2, 0) is 14.3 Å². The third-order valence-corrected chi connectivity index (χ3v) is 3.30. The van der Waals surface area contributed by atoms with Crippen molar-refractivity contribution < 1.29 is 28.6 Å². The molecule has 0 aliphatic carbocycles. The fourth-order valence-corrected chi connectivity index (χ4v) is 1.75. The highest BCUT2D eigenvalue weighted by molar-refractivity contribution is 5.94. The number of amides is 1. The van der Waals surface area contributed by atoms with Crippen LogP contribution < -0.4 is 14.8 Å². The van der Waals surface area contributed by atoms with Crippen LogP contribution in [0.4, 0.5) is 0 Å². The minimum Gasteiger partial charge on any atom is -0.493 e. The topological polar surface area (TPSA) is 90.9 Å². The van der Waals surface area contributed by atoms with Crippen LogP contribution in [0.3, 0.4) is 0 Å². The molecule has 7 heteroatoms. The molecule has 1 rings (SSSR count). The van der Waals surface area contributed by atoms with E-state index in [4.69, 9.17) is 14.2 Å². The number of rotatable bonds is 9. The van der Waals surface area contributed by atoms with E-state index < -0.39 is 5.97 Å². The molecule has 0 bridgehead atoms. The lowest BCUT2D eigenvalue weighted by Crippen LogP contribution is -2.35. The third kappa shape index (κ3) is 6.28. The number of methoxy groups -OCH3 is 1. The Kier molecular flexibility index (Phi) is 7.74. The molecule has 1 N–H and O–H groups in total. The zero-order valence-corrected chi connectivity index (χ0v) is 14.4. The predicted molar refractivity (Wildman–Crippen MR) is 87.3 cm³/mol. The van der Waals surface area contributed by atoms with Gasteiger partial charge in [-0.2, -0.15) is 0 Å². The van der Waals surface area contributed by atoms with E-state index in [2.05, 4.69) is 5.32 Å². The van der Waals surface area contributed by atoms with Crippen LogP contribution >= 0.6 is 0 Å². The lowest BCUT2D eigenvalue weighted by atomic mass is 10.1. The lowest BCUT2D eigenvalue weighted by Gasteiger charge is -2.13. The molecule has 1 atom stereocenters. The molecule has 0 saturated heterocycles. The number of benzene rings is 1. The number of Topliss-reactive ketones (excluding diaryl/α,β-unsaturated/α-hetero) is 1. The first-order chi connectivity index (χ1) is 11.4. The summed E-state index contributed by atoms with van der Waals surface area (Å²) in [4.78, 5) is 34.5. The van der Waals surface area contributed by atoms with Crippen LogP contribution in [0.5, 0.6) is 11.5 Å². The maximum absolute atomic E-state index is 11.6. The van der Waals surface area contributed by atoms with Crippen molar-refractivity contribution in [2.24, 2.45) is 0 Å². The predicted octanol–water partition coefficient (Wildman–Crippen LogP) is 1.73. The van der Waals surface area contributed by atoms with Gasteiger partial charge in [0.05, 0.1) is 7.11 Å². The zero-order valence-electron chi connectivity index (χ0n) is 14.4. The number of ether oxygens (including phenoxy) is 3. The maximum atomic E-state index is 11.6. The molecular weight excluding hydrogens is 314 g/mol. The molecule has 24 heavy (non-hydrogen) atoms. The highest BCUT2D eigenvalue weighted by atomic mass is 16.6. The second-order valence-corrected chi connectivity index (χ2v) is 5.25. The summed E-state index contributed by atoms with van der Waals surface area (Å²) in [5.41, 5.74) is 0.475. The van der Waals surface area contributed by atoms with Crippen molar-refractivity contribution >= 4 is 17.7 Å². The van der Waals surface area contributed by atoms with E-state index in [0.29, 0.717) is 17.1 Å². The minimum absolute atomic E-state index is 0.0245. The first-order valence-corrected chi connectivity index (χ1v) is 7.64. The molecule has 0 saturated carbocycles. The number of nitrogens with one attached hydrogen (secondary N) is 1. The summed E-state index contributed by atoms with van der Waals surface area (Å²) in [5, 5.41) is 2.68. The molecule has 0 spiro atoms. The Morgan fingerprint density at radius 1 is 1.17 bits per heavy atom. The zero-order chi connectivity index (χ0) is 18.1. The number of carbonyl (C=O) groups is 3. The number of hydrogen-bond donors (Lipinski definition) is 1. The number of carbonyl (C=O) groups excluding carboxylic acids is 3. The van der Waals surface area contributed by atoms with Crippen molar-refractivity contribution in [1.29, 1.82) is 0 Å². The van der Waals surface area contributed by atoms with Crippen LogP contribution in [0.2, 0.25) is 0 Å². The molecule has 132 valence electrons. The van der Waals surface area contributed by atoms with Gasteiger partial charge in [0, 0.05) is 11.6 Å². The summed E-state index contributed by atoms with van der Waals surface area (Å²) >= 11 is 0. The molecule has 0 unspecified atom stereocenters. The van der Waals surface area contributed by atoms with Crippen molar-refractivity contribution in [3.05, 3.63) is 23.8 Å². The van der Waals surface area contributed by atoms with Gasteiger partial charge < -0.3 is 19.5 Å². The number of ketones is 1. The minimum atomic E-state index is -0.674. The second kappa shape index (κ2) is 9.54. The van der Waals surface area contributed by atoms with Gasteiger partial charge in [-0.1, -0.05) is 6.92 Å². The standard InChI is InChI=1S/C17H23NO6/c1-5-11(2)18-16(20)9-24-17(21)10-23-14-7-6-13(12(3)19)8-15(14)22-4/h6-8,11H,5,9-10H2,1-4H3,(H,18,20)/t11-/m0/s1. The fraction of sp³-hybridized carbons (Fsp3) is 0.471. The van der Waals surface area contributed by atoms with Crippen molar-refractivity contribution in [2.75, 3.05) is 20.3 Å². The van der Waals surface area contributed by atoms with Crippen LogP contribution in [0, 0.1) is 0 Å². The van der Waals surface area contributed by atoms with Crippen molar-refractivity contribution in [2.45, 2.75) is 33.2 Å². The first-order valence-electron chi connectivity index (χ1n) is 7.64. The number of hydrogen-bond acceptors (Lipinski definition) is 6. The molecule has 1 amide bonds. The van der Waals surface area contributed by atoms with Crippen molar-refractivity contribution in [3.63, 3.8) is 0 Å². The molecule has 0 aromatic heterocycles. The molecule has 1 aromatic rings. The molecule has 0 aliphatic rings. The molecule has 0 fully saturated rings. The van der Waals surface area contributed by atoms with E-state index >= 15 is 0 Å². The normalized spacial score (nSPS) is 11.3. The van der Waals surface area contributed by atoms with E-state index in [1.54, 1.807) is 12.1 Å². The SMILES string of the molecule is CC[C@H](C)NC(=O)COC(=O)COc1ccc(C(C)=O)cc1OC. The quantitative estimate of drug-likeness (QED) is 0.545. The smallest absolute Gasteiger partial charge is 0.344 e. The van der Waals surface area contributed by atoms with E-state index in [1.165, 1.54) is 20.1 Å². The highest BCUT2D eigenvalue weighted by Crippen LogP contribution is 2.28. The summed E-state index contributed by atoms with van der Waals surface area (Å²) in [6.07, 6.45) is 0.791. The van der Waals surface area contributed by atoms with Crippen LogP contribution in [0.1, 0.15) is 37.6 Å².